The van der Waals surface area contributed by atoms with E-state index in [0.717, 1.165) is 79.5 Å². The molecule has 6 rings (SSSR count). The minimum absolute atomic E-state index is 0.469. The maximum absolute atomic E-state index is 6.47. The summed E-state index contributed by atoms with van der Waals surface area (Å²) in [5.74, 6) is 2.36. The van der Waals surface area contributed by atoms with Crippen LogP contribution in [0.1, 0.15) is 59.0 Å². The minimum atomic E-state index is 0.469. The van der Waals surface area contributed by atoms with Crippen molar-refractivity contribution in [3.63, 3.8) is 0 Å². The number of H-pyrrole nitrogens is 1. The summed E-state index contributed by atoms with van der Waals surface area (Å²) >= 11 is 0. The maximum atomic E-state index is 6.47. The second kappa shape index (κ2) is 8.41. The Balaban J connectivity index is 1.64. The van der Waals surface area contributed by atoms with Crippen LogP contribution in [0.5, 0.6) is 5.75 Å². The lowest BCUT2D eigenvalue weighted by atomic mass is 9.88. The van der Waals surface area contributed by atoms with E-state index < -0.39 is 0 Å². The first-order valence-corrected chi connectivity index (χ1v) is 12.1. The van der Waals surface area contributed by atoms with Gasteiger partial charge in [-0.3, -0.25) is 4.57 Å². The Morgan fingerprint density at radius 3 is 2.67 bits per heavy atom. The molecule has 3 aromatic heterocycles. The van der Waals surface area contributed by atoms with E-state index in [1.54, 1.807) is 0 Å². The highest BCUT2D eigenvalue weighted by atomic mass is 16.5. The van der Waals surface area contributed by atoms with Crippen LogP contribution >= 0.6 is 0 Å². The van der Waals surface area contributed by atoms with Gasteiger partial charge in [-0.25, -0.2) is 9.97 Å². The lowest BCUT2D eigenvalue weighted by Gasteiger charge is -2.18. The molecule has 0 aliphatic carbocycles. The second-order valence-corrected chi connectivity index (χ2v) is 9.29. The van der Waals surface area contributed by atoms with Crippen LogP contribution < -0.4 is 4.74 Å². The zero-order valence-electron chi connectivity index (χ0n) is 21.0. The van der Waals surface area contributed by atoms with Gasteiger partial charge in [-0.15, -0.1) is 10.2 Å². The molecule has 8 heteroatoms. The van der Waals surface area contributed by atoms with Gasteiger partial charge in [-0.05, 0) is 67.3 Å². The third-order valence-corrected chi connectivity index (χ3v) is 6.84. The SMILES string of the molecule is CCc1nc2c(C)cc(C)nc2n1-c1cc(C)c2c(c1)OCc1ccccc1/C2=C(/C)c1nn[nH]n1. The molecule has 0 radical (unpaired) electrons. The molecule has 1 N–H and O–H groups in total. The molecule has 1 aliphatic rings. The molecule has 0 atom stereocenters. The average molecular weight is 478 g/mol. The Labute approximate surface area is 209 Å². The van der Waals surface area contributed by atoms with E-state index in [1.165, 1.54) is 0 Å². The number of aromatic nitrogens is 7. The molecule has 0 spiro atoms. The number of nitrogens with one attached hydrogen (secondary N) is 1. The lowest BCUT2D eigenvalue weighted by molar-refractivity contribution is 0.307. The van der Waals surface area contributed by atoms with Crippen LogP contribution in [0, 0.1) is 20.8 Å². The molecular formula is C28H27N7O. The predicted molar refractivity (Wildman–Crippen MR) is 139 cm³/mol. The van der Waals surface area contributed by atoms with Crippen molar-refractivity contribution in [2.24, 2.45) is 0 Å². The summed E-state index contributed by atoms with van der Waals surface area (Å²) < 4.78 is 8.64. The van der Waals surface area contributed by atoms with Crippen LogP contribution in [0.2, 0.25) is 0 Å². The van der Waals surface area contributed by atoms with Gasteiger partial charge in [0.15, 0.2) is 5.65 Å². The van der Waals surface area contributed by atoms with Crippen molar-refractivity contribution in [1.29, 1.82) is 0 Å². The van der Waals surface area contributed by atoms with Crippen LogP contribution in [0.15, 0.2) is 42.5 Å². The van der Waals surface area contributed by atoms with Gasteiger partial charge < -0.3 is 4.74 Å². The van der Waals surface area contributed by atoms with Gasteiger partial charge in [0.05, 0.1) is 5.69 Å². The molecule has 0 saturated heterocycles. The highest BCUT2D eigenvalue weighted by Gasteiger charge is 2.26. The zero-order valence-corrected chi connectivity index (χ0v) is 21.0. The molecule has 1 aliphatic heterocycles. The number of aryl methyl sites for hydroxylation is 4. The number of benzene rings is 2. The number of hydrogen-bond donors (Lipinski definition) is 1. The largest absolute Gasteiger partial charge is 0.488 e. The van der Waals surface area contributed by atoms with Gasteiger partial charge in [-0.2, -0.15) is 5.21 Å². The fourth-order valence-electron chi connectivity index (χ4n) is 5.22. The smallest absolute Gasteiger partial charge is 0.201 e. The van der Waals surface area contributed by atoms with E-state index in [9.17, 15) is 0 Å². The highest BCUT2D eigenvalue weighted by molar-refractivity contribution is 6.00. The van der Waals surface area contributed by atoms with Crippen LogP contribution in [0.4, 0.5) is 0 Å². The van der Waals surface area contributed by atoms with Gasteiger partial charge in [-0.1, -0.05) is 31.2 Å². The third-order valence-electron chi connectivity index (χ3n) is 6.84. The first-order chi connectivity index (χ1) is 17.5. The number of pyridine rings is 1. The topological polar surface area (TPSA) is 94.4 Å². The van der Waals surface area contributed by atoms with Gasteiger partial charge in [0, 0.05) is 34.9 Å². The number of imidazole rings is 1. The van der Waals surface area contributed by atoms with Crippen molar-refractivity contribution < 1.29 is 4.74 Å². The minimum Gasteiger partial charge on any atom is -0.488 e. The van der Waals surface area contributed by atoms with E-state index >= 15 is 0 Å². The number of fused-ring (bicyclic) bond motifs is 3. The van der Waals surface area contributed by atoms with E-state index in [0.29, 0.717) is 12.4 Å². The maximum Gasteiger partial charge on any atom is 0.201 e. The van der Waals surface area contributed by atoms with Gasteiger partial charge in [0.2, 0.25) is 5.82 Å². The van der Waals surface area contributed by atoms with E-state index in [4.69, 9.17) is 14.7 Å². The Morgan fingerprint density at radius 2 is 1.89 bits per heavy atom. The normalized spacial score (nSPS) is 14.2. The summed E-state index contributed by atoms with van der Waals surface area (Å²) in [5.41, 5.74) is 11.3. The van der Waals surface area contributed by atoms with Crippen LogP contribution in [0.25, 0.3) is 28.0 Å². The van der Waals surface area contributed by atoms with E-state index in [-0.39, 0.29) is 0 Å². The summed E-state index contributed by atoms with van der Waals surface area (Å²) in [6.45, 7) is 10.9. The lowest BCUT2D eigenvalue weighted by Crippen LogP contribution is -2.05. The quantitative estimate of drug-likeness (QED) is 0.379. The summed E-state index contributed by atoms with van der Waals surface area (Å²) in [6, 6.07) is 14.7. The molecule has 5 aromatic rings. The Hall–Kier alpha value is -4.33. The molecule has 0 amide bonds. The molecule has 4 heterocycles. The Morgan fingerprint density at radius 1 is 1.06 bits per heavy atom. The Bertz CT molecular complexity index is 1660. The van der Waals surface area contributed by atoms with Crippen molar-refractivity contribution >= 4 is 22.3 Å². The molecule has 0 bridgehead atoms. The molecule has 2 aromatic carbocycles. The standard InChI is InChI=1S/C28H27N7O/c1-6-23-30-26-16(3)11-17(4)29-28(26)35(23)20-12-15(2)24-22(13-20)36-14-19-9-7-8-10-21(19)25(24)18(5)27-31-33-34-32-27/h7-13H,6,14H2,1-5H3,(H,31,32,33,34)/b25-18+. The van der Waals surface area contributed by atoms with E-state index in [1.807, 2.05) is 19.9 Å². The third kappa shape index (κ3) is 3.40. The van der Waals surface area contributed by atoms with Crippen molar-refractivity contribution in [3.05, 3.63) is 87.6 Å². The number of ether oxygens (including phenoxy) is 1. The molecule has 36 heavy (non-hydrogen) atoms. The van der Waals surface area contributed by atoms with Crippen molar-refractivity contribution in [3.8, 4) is 11.4 Å². The molecule has 8 nitrogen and oxygen atoms in total. The fourth-order valence-corrected chi connectivity index (χ4v) is 5.22. The fraction of sp³-hybridized carbons (Fsp3) is 0.250. The molecule has 0 fully saturated rings. The van der Waals surface area contributed by atoms with Crippen molar-refractivity contribution in [2.75, 3.05) is 0 Å². The van der Waals surface area contributed by atoms with E-state index in [2.05, 4.69) is 82.4 Å². The molecule has 0 unspecified atom stereocenters. The monoisotopic (exact) mass is 477 g/mol. The van der Waals surface area contributed by atoms with Crippen molar-refractivity contribution in [2.45, 2.75) is 47.6 Å². The number of nitrogens with zero attached hydrogens (tertiary/aromatic N) is 6. The van der Waals surface area contributed by atoms with Gasteiger partial charge in [0.25, 0.3) is 0 Å². The first-order valence-electron chi connectivity index (χ1n) is 12.1. The average Bonchev–Trinajstić information content (AvgIpc) is 3.49. The second-order valence-electron chi connectivity index (χ2n) is 9.29. The molecule has 0 saturated carbocycles. The number of allylic oxidation sites excluding steroid dienone is 1. The highest BCUT2D eigenvalue weighted by Crippen LogP contribution is 2.43. The summed E-state index contributed by atoms with van der Waals surface area (Å²) in [6.07, 6.45) is 0.791. The summed E-state index contributed by atoms with van der Waals surface area (Å²) in [7, 11) is 0. The molecular weight excluding hydrogens is 450 g/mol. The molecule has 180 valence electrons. The summed E-state index contributed by atoms with van der Waals surface area (Å²) in [4.78, 5) is 9.82. The van der Waals surface area contributed by atoms with Crippen molar-refractivity contribution in [1.82, 2.24) is 35.2 Å². The number of rotatable bonds is 3. The predicted octanol–water partition coefficient (Wildman–Crippen LogP) is 5.29. The van der Waals surface area contributed by atoms with Gasteiger partial charge >= 0.3 is 0 Å². The van der Waals surface area contributed by atoms with Crippen LogP contribution in [0.3, 0.4) is 0 Å². The van der Waals surface area contributed by atoms with Crippen LogP contribution in [-0.2, 0) is 13.0 Å². The van der Waals surface area contributed by atoms with Gasteiger partial charge in [0.1, 0.15) is 23.7 Å². The first kappa shape index (κ1) is 22.2. The summed E-state index contributed by atoms with van der Waals surface area (Å²) in [5, 5.41) is 14.9. The number of aromatic amines is 1. The zero-order chi connectivity index (χ0) is 25.0. The number of hydrogen-bond acceptors (Lipinski definition) is 6. The van der Waals surface area contributed by atoms with Crippen LogP contribution in [-0.4, -0.2) is 35.2 Å². The number of tetrazole rings is 1. The Kier molecular flexibility index (Phi) is 5.17.